The lowest BCUT2D eigenvalue weighted by molar-refractivity contribution is 0.194. The Kier molecular flexibility index (Phi) is 7.04. The standard InChI is InChI=1S/C20H29Cl2N5/c1-26-8-2-3-16(13-26)25-15-6-9-27(10-7-15)20(24)12-19(23)14-4-5-17(21)18(22)11-14/h4-5,11-12,15-16,24-25H,2-3,6-10,13,23H2,1H3/b19-12-,24-20?. The number of halogens is 2. The molecule has 1 atom stereocenters. The van der Waals surface area contributed by atoms with Crippen molar-refractivity contribution in [3.05, 3.63) is 39.9 Å². The SMILES string of the molecule is CN1CCCC(NC2CCN(C(=N)/C=C(\N)c3ccc(Cl)c(Cl)c3)CC2)C1. The van der Waals surface area contributed by atoms with Gasteiger partial charge >= 0.3 is 0 Å². The topological polar surface area (TPSA) is 68.4 Å². The molecule has 0 amide bonds. The first-order chi connectivity index (χ1) is 12.9. The van der Waals surface area contributed by atoms with Gasteiger partial charge in [-0.25, -0.2) is 0 Å². The normalized spacial score (nSPS) is 22.9. The Hall–Kier alpha value is -1.27. The molecule has 0 bridgehead atoms. The third kappa shape index (κ3) is 5.61. The van der Waals surface area contributed by atoms with Crippen molar-refractivity contribution >= 4 is 34.7 Å². The molecule has 2 fully saturated rings. The van der Waals surface area contributed by atoms with Crippen LogP contribution >= 0.6 is 23.2 Å². The molecule has 2 aliphatic rings. The number of rotatable bonds is 4. The fourth-order valence-electron chi connectivity index (χ4n) is 3.92. The number of nitrogens with one attached hydrogen (secondary N) is 2. The van der Waals surface area contributed by atoms with Crippen LogP contribution in [-0.4, -0.2) is 60.9 Å². The van der Waals surface area contributed by atoms with E-state index < -0.39 is 0 Å². The number of hydrogen-bond acceptors (Lipinski definition) is 4. The molecule has 1 aromatic rings. The number of likely N-dealkylation sites (tertiary alicyclic amines) is 2. The number of nitrogens with zero attached hydrogens (tertiary/aromatic N) is 2. The maximum atomic E-state index is 8.39. The zero-order valence-corrected chi connectivity index (χ0v) is 17.4. The third-order valence-corrected chi connectivity index (χ3v) is 6.22. The molecule has 7 heteroatoms. The molecule has 2 heterocycles. The molecule has 2 aliphatic heterocycles. The fourth-order valence-corrected chi connectivity index (χ4v) is 4.22. The van der Waals surface area contributed by atoms with Gasteiger partial charge in [-0.3, -0.25) is 5.41 Å². The molecule has 0 aromatic heterocycles. The second kappa shape index (κ2) is 9.28. The van der Waals surface area contributed by atoms with Crippen LogP contribution in [0.15, 0.2) is 24.3 Å². The maximum absolute atomic E-state index is 8.39. The van der Waals surface area contributed by atoms with Gasteiger partial charge in [0.25, 0.3) is 0 Å². The van der Waals surface area contributed by atoms with Gasteiger partial charge < -0.3 is 20.9 Å². The van der Waals surface area contributed by atoms with Crippen molar-refractivity contribution in [1.29, 1.82) is 5.41 Å². The zero-order valence-electron chi connectivity index (χ0n) is 15.8. The van der Waals surface area contributed by atoms with Crippen molar-refractivity contribution in [1.82, 2.24) is 15.1 Å². The van der Waals surface area contributed by atoms with E-state index in [1.165, 1.54) is 19.4 Å². The van der Waals surface area contributed by atoms with E-state index in [0.717, 1.165) is 38.0 Å². The first kappa shape index (κ1) is 20.5. The molecule has 27 heavy (non-hydrogen) atoms. The predicted molar refractivity (Wildman–Crippen MR) is 115 cm³/mol. The van der Waals surface area contributed by atoms with Gasteiger partial charge in [-0.15, -0.1) is 0 Å². The van der Waals surface area contributed by atoms with Gasteiger partial charge in [-0.2, -0.15) is 0 Å². The highest BCUT2D eigenvalue weighted by molar-refractivity contribution is 6.42. The van der Waals surface area contributed by atoms with Gasteiger partial charge in [-0.1, -0.05) is 29.3 Å². The molecule has 0 saturated carbocycles. The predicted octanol–water partition coefficient (Wildman–Crippen LogP) is 3.42. The summed E-state index contributed by atoms with van der Waals surface area (Å²) in [5.74, 6) is 0.453. The summed E-state index contributed by atoms with van der Waals surface area (Å²) in [6.45, 7) is 4.10. The third-order valence-electron chi connectivity index (χ3n) is 5.48. The minimum Gasteiger partial charge on any atom is -0.398 e. The minimum atomic E-state index is 0.453. The van der Waals surface area contributed by atoms with Crippen LogP contribution in [0.25, 0.3) is 5.70 Å². The van der Waals surface area contributed by atoms with Crippen molar-refractivity contribution in [2.45, 2.75) is 37.8 Å². The Balaban J connectivity index is 1.51. The van der Waals surface area contributed by atoms with Gasteiger partial charge in [0.2, 0.25) is 0 Å². The number of benzene rings is 1. The first-order valence-corrected chi connectivity index (χ1v) is 10.4. The average molecular weight is 410 g/mol. The molecule has 3 rings (SSSR count). The Morgan fingerprint density at radius 1 is 1.15 bits per heavy atom. The van der Waals surface area contributed by atoms with Gasteiger partial charge in [0.15, 0.2) is 0 Å². The molecule has 0 aliphatic carbocycles. The first-order valence-electron chi connectivity index (χ1n) is 9.63. The summed E-state index contributed by atoms with van der Waals surface area (Å²) in [5.41, 5.74) is 7.48. The Morgan fingerprint density at radius 2 is 1.89 bits per heavy atom. The summed E-state index contributed by atoms with van der Waals surface area (Å²) in [7, 11) is 2.20. The van der Waals surface area contributed by atoms with Crippen molar-refractivity contribution < 1.29 is 0 Å². The largest absolute Gasteiger partial charge is 0.398 e. The quantitative estimate of drug-likeness (QED) is 0.526. The molecule has 0 spiro atoms. The maximum Gasteiger partial charge on any atom is 0.122 e. The van der Waals surface area contributed by atoms with Crippen molar-refractivity contribution in [2.24, 2.45) is 5.73 Å². The number of piperidine rings is 2. The van der Waals surface area contributed by atoms with Crippen molar-refractivity contribution in [3.63, 3.8) is 0 Å². The second-order valence-corrected chi connectivity index (χ2v) is 8.46. The molecule has 148 valence electrons. The average Bonchev–Trinajstić information content (AvgIpc) is 2.64. The van der Waals surface area contributed by atoms with E-state index in [4.69, 9.17) is 34.3 Å². The van der Waals surface area contributed by atoms with E-state index in [9.17, 15) is 0 Å². The molecular weight excluding hydrogens is 381 g/mol. The monoisotopic (exact) mass is 409 g/mol. The Bertz CT molecular complexity index is 698. The fraction of sp³-hybridized carbons (Fsp3) is 0.550. The summed E-state index contributed by atoms with van der Waals surface area (Å²) < 4.78 is 0. The summed E-state index contributed by atoms with van der Waals surface area (Å²) in [5, 5.41) is 13.2. The van der Waals surface area contributed by atoms with Crippen LogP contribution in [0.2, 0.25) is 10.0 Å². The Labute approximate surface area is 172 Å². The van der Waals surface area contributed by atoms with E-state index >= 15 is 0 Å². The highest BCUT2D eigenvalue weighted by Crippen LogP contribution is 2.25. The van der Waals surface area contributed by atoms with Crippen LogP contribution in [0.1, 0.15) is 31.2 Å². The summed E-state index contributed by atoms with van der Waals surface area (Å²) in [4.78, 5) is 4.50. The molecule has 1 unspecified atom stereocenters. The highest BCUT2D eigenvalue weighted by atomic mass is 35.5. The van der Waals surface area contributed by atoms with Gasteiger partial charge in [0.05, 0.1) is 10.0 Å². The van der Waals surface area contributed by atoms with Crippen LogP contribution in [0.5, 0.6) is 0 Å². The van der Waals surface area contributed by atoms with Crippen LogP contribution in [-0.2, 0) is 0 Å². The summed E-state index contributed by atoms with van der Waals surface area (Å²) in [6, 6.07) is 6.43. The van der Waals surface area contributed by atoms with E-state index in [-0.39, 0.29) is 0 Å². The van der Waals surface area contributed by atoms with Crippen LogP contribution < -0.4 is 11.1 Å². The number of hydrogen-bond donors (Lipinski definition) is 3. The lowest BCUT2D eigenvalue weighted by atomic mass is 10.00. The summed E-state index contributed by atoms with van der Waals surface area (Å²) >= 11 is 12.0. The zero-order chi connectivity index (χ0) is 19.4. The minimum absolute atomic E-state index is 0.453. The number of amidine groups is 1. The number of likely N-dealkylation sites (N-methyl/N-ethyl adjacent to an activating group) is 1. The van der Waals surface area contributed by atoms with Crippen molar-refractivity contribution in [2.75, 3.05) is 33.2 Å². The van der Waals surface area contributed by atoms with Crippen LogP contribution in [0.3, 0.4) is 0 Å². The molecule has 5 nitrogen and oxygen atoms in total. The van der Waals surface area contributed by atoms with E-state index in [1.54, 1.807) is 18.2 Å². The molecule has 4 N–H and O–H groups in total. The smallest absolute Gasteiger partial charge is 0.122 e. The number of nitrogens with two attached hydrogens (primary N) is 1. The van der Waals surface area contributed by atoms with Crippen LogP contribution in [0, 0.1) is 5.41 Å². The van der Waals surface area contributed by atoms with E-state index in [1.807, 2.05) is 6.07 Å². The molecule has 2 saturated heterocycles. The second-order valence-electron chi connectivity index (χ2n) is 7.64. The lowest BCUT2D eigenvalue weighted by Crippen LogP contribution is -2.51. The van der Waals surface area contributed by atoms with Crippen LogP contribution in [0.4, 0.5) is 0 Å². The van der Waals surface area contributed by atoms with Crippen molar-refractivity contribution in [3.8, 4) is 0 Å². The van der Waals surface area contributed by atoms with E-state index in [2.05, 4.69) is 22.2 Å². The Morgan fingerprint density at radius 3 is 2.56 bits per heavy atom. The van der Waals surface area contributed by atoms with Gasteiger partial charge in [-0.05, 0) is 57.0 Å². The van der Waals surface area contributed by atoms with Gasteiger partial charge in [0.1, 0.15) is 5.84 Å². The lowest BCUT2D eigenvalue weighted by Gasteiger charge is -2.38. The van der Waals surface area contributed by atoms with E-state index in [0.29, 0.717) is 33.7 Å². The molecule has 1 aromatic carbocycles. The molecule has 0 radical (unpaired) electrons. The highest BCUT2D eigenvalue weighted by Gasteiger charge is 2.24. The summed E-state index contributed by atoms with van der Waals surface area (Å²) in [6.07, 6.45) is 6.37. The molecular formula is C20H29Cl2N5. The van der Waals surface area contributed by atoms with Gasteiger partial charge in [0, 0.05) is 43.5 Å².